The molecule has 3 fully saturated rings. The minimum absolute atomic E-state index is 0.0132. The van der Waals surface area contributed by atoms with Gasteiger partial charge >= 0.3 is 32.5 Å². The molecule has 0 radical (unpaired) electrons. The Morgan fingerprint density at radius 2 is 1.46 bits per heavy atom. The topological polar surface area (TPSA) is 142 Å². The summed E-state index contributed by atoms with van der Waals surface area (Å²) in [5, 5.41) is 0. The van der Waals surface area contributed by atoms with Gasteiger partial charge in [0, 0.05) is 44.7 Å². The zero-order valence-electron chi connectivity index (χ0n) is 28.9. The number of esters is 4. The predicted molar refractivity (Wildman–Crippen MR) is 165 cm³/mol. The molecule has 0 bridgehead atoms. The SMILES string of the molecule is CC(=O)OCC(C[C@H]1O[C@@H]2[C@@H](OC3CC[C@H](CCOC(=O)C(C)(C)C)O[C@@H]3[C@H]2OC(C)=O)[C@H]1O[Si](F)(C(C)C)C(C)C)OC(C)=O. The van der Waals surface area contributed by atoms with Gasteiger partial charge in [-0.1, -0.05) is 27.7 Å². The number of halogens is 1. The van der Waals surface area contributed by atoms with Gasteiger partial charge in [-0.2, -0.15) is 0 Å². The van der Waals surface area contributed by atoms with E-state index in [2.05, 4.69) is 0 Å². The molecule has 0 aliphatic carbocycles. The molecule has 3 heterocycles. The van der Waals surface area contributed by atoms with Crippen molar-refractivity contribution < 1.29 is 60.9 Å². The van der Waals surface area contributed by atoms with Gasteiger partial charge in [0.1, 0.15) is 37.1 Å². The highest BCUT2D eigenvalue weighted by Crippen LogP contribution is 2.45. The molecule has 46 heavy (non-hydrogen) atoms. The summed E-state index contributed by atoms with van der Waals surface area (Å²) in [6, 6.07) is 0. The number of hydrogen-bond donors (Lipinski definition) is 0. The summed E-state index contributed by atoms with van der Waals surface area (Å²) in [6.07, 6.45) is -5.21. The third kappa shape index (κ3) is 9.71. The first-order chi connectivity index (χ1) is 21.3. The van der Waals surface area contributed by atoms with Gasteiger partial charge < -0.3 is 37.6 Å². The van der Waals surface area contributed by atoms with Gasteiger partial charge in [0.25, 0.3) is 0 Å². The van der Waals surface area contributed by atoms with Crippen LogP contribution < -0.4 is 0 Å². The van der Waals surface area contributed by atoms with E-state index < -0.39 is 91.9 Å². The van der Waals surface area contributed by atoms with E-state index in [4.69, 9.17) is 37.6 Å². The Balaban J connectivity index is 1.90. The van der Waals surface area contributed by atoms with Crippen LogP contribution in [0.3, 0.4) is 0 Å². The average molecular weight is 677 g/mol. The van der Waals surface area contributed by atoms with E-state index in [1.807, 2.05) is 0 Å². The highest BCUT2D eigenvalue weighted by atomic mass is 28.4. The smallest absolute Gasteiger partial charge is 0.389 e. The lowest BCUT2D eigenvalue weighted by atomic mass is 9.87. The molecule has 2 unspecified atom stereocenters. The van der Waals surface area contributed by atoms with Crippen molar-refractivity contribution in [2.24, 2.45) is 5.41 Å². The fourth-order valence-electron chi connectivity index (χ4n) is 6.26. The van der Waals surface area contributed by atoms with Gasteiger partial charge in [-0.05, 0) is 33.6 Å². The van der Waals surface area contributed by atoms with Crippen LogP contribution in [-0.4, -0.2) is 101 Å². The van der Waals surface area contributed by atoms with Crippen molar-refractivity contribution in [1.29, 1.82) is 0 Å². The van der Waals surface area contributed by atoms with Crippen LogP contribution in [0, 0.1) is 5.41 Å². The molecule has 3 saturated heterocycles. The van der Waals surface area contributed by atoms with Crippen LogP contribution in [-0.2, 0) is 56.8 Å². The molecule has 0 spiro atoms. The minimum Gasteiger partial charge on any atom is -0.465 e. The summed E-state index contributed by atoms with van der Waals surface area (Å²) >= 11 is 0. The van der Waals surface area contributed by atoms with Crippen molar-refractivity contribution in [1.82, 2.24) is 0 Å². The Bertz CT molecular complexity index is 1070. The van der Waals surface area contributed by atoms with Crippen molar-refractivity contribution in [2.75, 3.05) is 13.2 Å². The quantitative estimate of drug-likeness (QED) is 0.117. The highest BCUT2D eigenvalue weighted by Gasteiger charge is 2.62. The van der Waals surface area contributed by atoms with E-state index in [1.165, 1.54) is 20.8 Å². The Morgan fingerprint density at radius 3 is 2.00 bits per heavy atom. The molecule has 3 aliphatic rings. The van der Waals surface area contributed by atoms with Crippen molar-refractivity contribution in [3.05, 3.63) is 0 Å². The highest BCUT2D eigenvalue weighted by molar-refractivity contribution is 6.69. The second kappa shape index (κ2) is 15.8. The lowest BCUT2D eigenvalue weighted by Gasteiger charge is -2.48. The third-order valence-electron chi connectivity index (χ3n) is 8.59. The van der Waals surface area contributed by atoms with E-state index in [1.54, 1.807) is 48.5 Å². The van der Waals surface area contributed by atoms with Gasteiger partial charge in [-0.15, -0.1) is 0 Å². The lowest BCUT2D eigenvalue weighted by Crippen LogP contribution is -2.63. The molecule has 14 heteroatoms. The average Bonchev–Trinajstić information content (AvgIpc) is 3.26. The van der Waals surface area contributed by atoms with Crippen molar-refractivity contribution in [3.8, 4) is 0 Å². The normalized spacial score (nSPS) is 30.3. The van der Waals surface area contributed by atoms with Gasteiger partial charge in [0.05, 0.1) is 30.3 Å². The van der Waals surface area contributed by atoms with Crippen LogP contribution in [0.1, 0.15) is 94.9 Å². The van der Waals surface area contributed by atoms with Gasteiger partial charge in [0.2, 0.25) is 0 Å². The molecule has 3 aliphatic heterocycles. The maximum absolute atomic E-state index is 16.7. The Labute approximate surface area is 272 Å². The Morgan fingerprint density at radius 1 is 0.826 bits per heavy atom. The lowest BCUT2D eigenvalue weighted by molar-refractivity contribution is -0.265. The van der Waals surface area contributed by atoms with Crippen LogP contribution >= 0.6 is 0 Å². The minimum atomic E-state index is -3.89. The summed E-state index contributed by atoms with van der Waals surface area (Å²) in [5.41, 5.74) is -1.42. The summed E-state index contributed by atoms with van der Waals surface area (Å²) < 4.78 is 64.5. The molecular formula is C32H53FO12Si. The largest absolute Gasteiger partial charge is 0.465 e. The van der Waals surface area contributed by atoms with Gasteiger partial charge in [-0.25, -0.2) is 0 Å². The molecule has 9 atom stereocenters. The van der Waals surface area contributed by atoms with Crippen LogP contribution in [0.5, 0.6) is 0 Å². The first-order valence-corrected chi connectivity index (χ1v) is 18.3. The standard InChI is InChI=1S/C32H53FO12Si/c1-17(2)46(33,18(3)4)45-27-25(15-23(40-20(6)35)16-39-19(5)34)44-30-28(41-21(7)36)26-24(43-29(27)30)12-11-22(42-26)13-14-38-31(37)32(8,9)10/h17-18,22-30H,11-16H2,1-10H3/t22-,23?,24?,25-,26+,27+,28-,29+,30+/m1/s1. The van der Waals surface area contributed by atoms with Crippen LogP contribution in [0.25, 0.3) is 0 Å². The predicted octanol–water partition coefficient (Wildman–Crippen LogP) is 4.48. The zero-order valence-corrected chi connectivity index (χ0v) is 29.9. The molecule has 0 aromatic carbocycles. The monoisotopic (exact) mass is 676 g/mol. The number of carbonyl (C=O) groups is 4. The second-order valence-electron chi connectivity index (χ2n) is 14.2. The van der Waals surface area contributed by atoms with E-state index >= 15 is 4.11 Å². The fourth-order valence-corrected chi connectivity index (χ4v) is 8.84. The maximum atomic E-state index is 16.7. The van der Waals surface area contributed by atoms with Crippen molar-refractivity contribution in [3.63, 3.8) is 0 Å². The summed E-state index contributed by atoms with van der Waals surface area (Å²) in [7, 11) is -3.89. The number of carbonyl (C=O) groups excluding carboxylic acids is 4. The molecule has 0 aromatic rings. The molecule has 0 saturated carbocycles. The van der Waals surface area contributed by atoms with Gasteiger partial charge in [-0.3, -0.25) is 23.3 Å². The van der Waals surface area contributed by atoms with Crippen molar-refractivity contribution >= 4 is 32.5 Å². The van der Waals surface area contributed by atoms with Crippen molar-refractivity contribution in [2.45, 2.75) is 161 Å². The van der Waals surface area contributed by atoms with Crippen LogP contribution in [0.15, 0.2) is 0 Å². The molecule has 0 amide bonds. The second-order valence-corrected chi connectivity index (χ2v) is 18.1. The summed E-state index contributed by atoms with van der Waals surface area (Å²) in [6.45, 7) is 16.2. The molecule has 3 rings (SSSR count). The van der Waals surface area contributed by atoms with E-state index in [9.17, 15) is 19.2 Å². The molecule has 0 N–H and O–H groups in total. The number of hydrogen-bond acceptors (Lipinski definition) is 12. The first kappa shape index (κ1) is 38.3. The molecule has 12 nitrogen and oxygen atoms in total. The van der Waals surface area contributed by atoms with E-state index in [0.29, 0.717) is 19.3 Å². The fraction of sp³-hybridized carbons (Fsp3) is 0.875. The number of rotatable bonds is 13. The molecule has 0 aromatic heterocycles. The van der Waals surface area contributed by atoms with E-state index in [-0.39, 0.29) is 31.7 Å². The maximum Gasteiger partial charge on any atom is 0.389 e. The molecule has 264 valence electrons. The molecular weight excluding hydrogens is 623 g/mol. The Kier molecular flexibility index (Phi) is 13.2. The Hall–Kier alpha value is -2.13. The number of ether oxygens (including phenoxy) is 7. The van der Waals surface area contributed by atoms with Gasteiger partial charge in [0.15, 0.2) is 6.10 Å². The van der Waals surface area contributed by atoms with Crippen LogP contribution in [0.4, 0.5) is 4.11 Å². The number of fused-ring (bicyclic) bond motifs is 2. The summed E-state index contributed by atoms with van der Waals surface area (Å²) in [5.74, 6) is -2.00. The first-order valence-electron chi connectivity index (χ1n) is 16.3. The van der Waals surface area contributed by atoms with Crippen LogP contribution in [0.2, 0.25) is 11.1 Å². The zero-order chi connectivity index (χ0) is 34.6. The third-order valence-corrected chi connectivity index (χ3v) is 12.4. The van der Waals surface area contributed by atoms with E-state index in [0.717, 1.165) is 0 Å². The summed E-state index contributed by atoms with van der Waals surface area (Å²) in [4.78, 5) is 48.1.